The summed E-state index contributed by atoms with van der Waals surface area (Å²) in [7, 11) is 0. The van der Waals surface area contributed by atoms with Crippen LogP contribution in [0.3, 0.4) is 0 Å². The third-order valence-electron chi connectivity index (χ3n) is 7.29. The summed E-state index contributed by atoms with van der Waals surface area (Å²) in [5.74, 6) is -2.94. The van der Waals surface area contributed by atoms with Crippen molar-refractivity contribution in [1.29, 1.82) is 0 Å². The Balaban J connectivity index is 2.81. The zero-order valence-corrected chi connectivity index (χ0v) is 22.0. The normalized spacial score (nSPS) is 39.1. The Morgan fingerprint density at radius 2 is 1.00 bits per heavy atom. The highest BCUT2D eigenvalue weighted by atomic mass is 16.6. The molecule has 0 spiro atoms. The first-order valence-corrected chi connectivity index (χ1v) is 12.9. The molecule has 0 amide bonds. The van der Waals surface area contributed by atoms with Gasteiger partial charge in [0.05, 0.1) is 13.2 Å². The second kappa shape index (κ2) is 14.0. The number of carbonyl (C=O) groups is 2. The number of ether oxygens (including phenoxy) is 2. The van der Waals surface area contributed by atoms with Crippen molar-refractivity contribution in [3.05, 3.63) is 24.3 Å². The maximum atomic E-state index is 13.4. The van der Waals surface area contributed by atoms with Crippen LogP contribution < -0.4 is 0 Å². The Kier molecular flexibility index (Phi) is 12.1. The monoisotopic (exact) mass is 580 g/mol. The molecule has 0 aliphatic carbocycles. The molecule has 4 unspecified atom stereocenters. The minimum atomic E-state index is -3.55. The SMILES string of the molecule is CCC=CC(=O)C(O)(C1O[C@H](CO)[C@@H](O)[C@H](O)[C@H]1O)C(O)C(O)(C(=O)C=CCC)C1O[C@H](CO)[C@@H](O)[C@H](O)[C@H]1O. The highest BCUT2D eigenvalue weighted by molar-refractivity contribution is 6.02. The van der Waals surface area contributed by atoms with Gasteiger partial charge in [0.1, 0.15) is 67.1 Å². The van der Waals surface area contributed by atoms with Crippen molar-refractivity contribution in [3.8, 4) is 0 Å². The zero-order chi connectivity index (χ0) is 30.6. The average Bonchev–Trinajstić information content (AvgIpc) is 2.95. The van der Waals surface area contributed by atoms with Crippen LogP contribution in [0.25, 0.3) is 0 Å². The van der Waals surface area contributed by atoms with Crippen molar-refractivity contribution in [3.63, 3.8) is 0 Å². The summed E-state index contributed by atoms with van der Waals surface area (Å²) >= 11 is 0. The van der Waals surface area contributed by atoms with E-state index in [1.807, 2.05) is 0 Å². The summed E-state index contributed by atoms with van der Waals surface area (Å²) in [6.07, 6.45) is -19.9. The molecule has 2 aliphatic heterocycles. The third-order valence-corrected chi connectivity index (χ3v) is 7.29. The highest BCUT2D eigenvalue weighted by Crippen LogP contribution is 2.40. The van der Waals surface area contributed by atoms with Gasteiger partial charge in [-0.3, -0.25) is 9.59 Å². The van der Waals surface area contributed by atoms with Crippen molar-refractivity contribution in [2.24, 2.45) is 0 Å². The minimum absolute atomic E-state index is 0.210. The molecule has 2 saturated heterocycles. The maximum absolute atomic E-state index is 13.4. The fourth-order valence-corrected chi connectivity index (χ4v) is 4.84. The van der Waals surface area contributed by atoms with E-state index in [0.29, 0.717) is 0 Å². The van der Waals surface area contributed by atoms with Crippen LogP contribution in [-0.2, 0) is 19.1 Å². The lowest BCUT2D eigenvalue weighted by atomic mass is 9.68. The summed E-state index contributed by atoms with van der Waals surface area (Å²) in [5, 5.41) is 117. The van der Waals surface area contributed by atoms with Crippen LogP contribution in [0.4, 0.5) is 0 Å². The standard InChI is InChI=1S/C25H40O15/c1-3-5-7-13(28)24(37,21-19(34)17(32)15(30)11(9-26)39-21)23(36)25(38,14(29)8-6-4-2)22-20(35)18(33)16(31)12(10-27)40-22/h5-8,11-12,15-23,26-27,30-38H,3-4,9-10H2,1-2H3/t11-,12-,15-,16-,17+,18+,19-,20-,21?,22?,23?,24?,25?/m1/s1. The average molecular weight is 581 g/mol. The van der Waals surface area contributed by atoms with Crippen molar-refractivity contribution in [2.45, 2.75) is 105 Å². The van der Waals surface area contributed by atoms with Crippen LogP contribution in [0.1, 0.15) is 26.7 Å². The van der Waals surface area contributed by atoms with Gasteiger partial charge in [-0.15, -0.1) is 0 Å². The van der Waals surface area contributed by atoms with E-state index in [1.54, 1.807) is 13.8 Å². The van der Waals surface area contributed by atoms with Crippen molar-refractivity contribution >= 4 is 11.6 Å². The van der Waals surface area contributed by atoms with Crippen LogP contribution in [0.5, 0.6) is 0 Å². The largest absolute Gasteiger partial charge is 0.394 e. The Labute approximate surface area is 229 Å². The predicted molar refractivity (Wildman–Crippen MR) is 132 cm³/mol. The predicted octanol–water partition coefficient (Wildman–Crippen LogP) is -5.44. The molecule has 0 aromatic carbocycles. The fraction of sp³-hybridized carbons (Fsp3) is 0.760. The molecule has 15 heteroatoms. The lowest BCUT2D eigenvalue weighted by molar-refractivity contribution is -0.311. The molecule has 0 aromatic rings. The zero-order valence-electron chi connectivity index (χ0n) is 22.0. The lowest BCUT2D eigenvalue weighted by Gasteiger charge is -2.52. The number of rotatable bonds is 12. The molecule has 12 atom stereocenters. The summed E-state index contributed by atoms with van der Waals surface area (Å²) in [4.78, 5) is 26.8. The summed E-state index contributed by atoms with van der Waals surface area (Å²) in [5.41, 5.74) is -7.11. The molecule has 0 aromatic heterocycles. The van der Waals surface area contributed by atoms with Gasteiger partial charge in [-0.25, -0.2) is 0 Å². The second-order valence-electron chi connectivity index (χ2n) is 9.90. The molecule has 0 radical (unpaired) electrons. The van der Waals surface area contributed by atoms with Gasteiger partial charge < -0.3 is 65.6 Å². The summed E-state index contributed by atoms with van der Waals surface area (Å²) in [6, 6.07) is 0. The van der Waals surface area contributed by atoms with Crippen LogP contribution in [0, 0.1) is 0 Å². The molecule has 2 fully saturated rings. The van der Waals surface area contributed by atoms with Crippen molar-refractivity contribution < 1.29 is 75.2 Å². The van der Waals surface area contributed by atoms with E-state index < -0.39 is 103 Å². The Hall–Kier alpha value is -1.70. The van der Waals surface area contributed by atoms with Gasteiger partial charge in [-0.05, 0) is 25.0 Å². The summed E-state index contributed by atoms with van der Waals surface area (Å²) in [6.45, 7) is 1.19. The number of aliphatic hydroxyl groups excluding tert-OH is 9. The Bertz CT molecular complexity index is 850. The Morgan fingerprint density at radius 1 is 0.675 bits per heavy atom. The number of hydrogen-bond donors (Lipinski definition) is 11. The van der Waals surface area contributed by atoms with Gasteiger partial charge in [0.2, 0.25) is 0 Å². The van der Waals surface area contributed by atoms with Crippen LogP contribution in [0.2, 0.25) is 0 Å². The van der Waals surface area contributed by atoms with Gasteiger partial charge >= 0.3 is 0 Å². The van der Waals surface area contributed by atoms with Gasteiger partial charge in [0, 0.05) is 0 Å². The number of ketones is 2. The number of hydrogen-bond acceptors (Lipinski definition) is 15. The first-order chi connectivity index (χ1) is 18.7. The van der Waals surface area contributed by atoms with Gasteiger partial charge in [0.15, 0.2) is 22.8 Å². The van der Waals surface area contributed by atoms with E-state index in [0.717, 1.165) is 12.2 Å². The quantitative estimate of drug-likeness (QED) is 0.0961. The highest BCUT2D eigenvalue weighted by Gasteiger charge is 2.68. The molecule has 2 aliphatic rings. The molecule has 11 N–H and O–H groups in total. The topological polar surface area (TPSA) is 275 Å². The van der Waals surface area contributed by atoms with Crippen LogP contribution in [-0.4, -0.2) is 159 Å². The van der Waals surface area contributed by atoms with E-state index in [9.17, 15) is 65.8 Å². The summed E-state index contributed by atoms with van der Waals surface area (Å²) < 4.78 is 10.6. The molecule has 40 heavy (non-hydrogen) atoms. The molecule has 0 bridgehead atoms. The number of carbonyl (C=O) groups excluding carboxylic acids is 2. The first-order valence-electron chi connectivity index (χ1n) is 12.9. The molecule has 230 valence electrons. The van der Waals surface area contributed by atoms with E-state index >= 15 is 0 Å². The molecule has 0 saturated carbocycles. The molecular formula is C25H40O15. The van der Waals surface area contributed by atoms with E-state index in [1.165, 1.54) is 12.2 Å². The van der Waals surface area contributed by atoms with Crippen LogP contribution in [0.15, 0.2) is 24.3 Å². The van der Waals surface area contributed by atoms with Gasteiger partial charge in [0.25, 0.3) is 0 Å². The minimum Gasteiger partial charge on any atom is -0.394 e. The molecular weight excluding hydrogens is 540 g/mol. The van der Waals surface area contributed by atoms with Gasteiger partial charge in [-0.1, -0.05) is 26.0 Å². The van der Waals surface area contributed by atoms with E-state index in [2.05, 4.69) is 0 Å². The van der Waals surface area contributed by atoms with E-state index in [-0.39, 0.29) is 12.8 Å². The Morgan fingerprint density at radius 3 is 1.27 bits per heavy atom. The molecule has 15 nitrogen and oxygen atoms in total. The molecule has 2 rings (SSSR count). The molecule has 2 heterocycles. The van der Waals surface area contributed by atoms with Crippen LogP contribution >= 0.6 is 0 Å². The smallest absolute Gasteiger partial charge is 0.192 e. The lowest BCUT2D eigenvalue weighted by Crippen LogP contribution is -2.78. The fourth-order valence-electron chi connectivity index (χ4n) is 4.84. The first kappa shape index (κ1) is 34.5. The maximum Gasteiger partial charge on any atom is 0.192 e. The number of aliphatic hydroxyl groups is 11. The third kappa shape index (κ3) is 6.07. The van der Waals surface area contributed by atoms with Gasteiger partial charge in [-0.2, -0.15) is 0 Å². The van der Waals surface area contributed by atoms with Crippen molar-refractivity contribution in [2.75, 3.05) is 13.2 Å². The van der Waals surface area contributed by atoms with Crippen molar-refractivity contribution in [1.82, 2.24) is 0 Å². The second-order valence-corrected chi connectivity index (χ2v) is 9.90. The number of allylic oxidation sites excluding steroid dienone is 2. The van der Waals surface area contributed by atoms with E-state index in [4.69, 9.17) is 9.47 Å².